The first-order valence-electron chi connectivity index (χ1n) is 6.74. The lowest BCUT2D eigenvalue weighted by Crippen LogP contribution is -2.36. The zero-order chi connectivity index (χ0) is 13.8. The van der Waals surface area contributed by atoms with Crippen molar-refractivity contribution in [2.24, 2.45) is 0 Å². The molecule has 5 nitrogen and oxygen atoms in total. The number of carbonyl (C=O) groups excluding carboxylic acids is 1. The van der Waals surface area contributed by atoms with Gasteiger partial charge in [-0.25, -0.2) is 0 Å². The Balaban J connectivity index is 1.90. The highest BCUT2D eigenvalue weighted by atomic mass is 16.3. The van der Waals surface area contributed by atoms with Gasteiger partial charge in [-0.15, -0.1) is 0 Å². The molecule has 0 spiro atoms. The molecule has 0 bridgehead atoms. The summed E-state index contributed by atoms with van der Waals surface area (Å²) in [5, 5.41) is 12.6. The van der Waals surface area contributed by atoms with Crippen LogP contribution in [0.4, 0.5) is 5.69 Å². The van der Waals surface area contributed by atoms with Gasteiger partial charge in [0.05, 0.1) is 30.2 Å². The van der Waals surface area contributed by atoms with E-state index in [1.54, 1.807) is 12.3 Å². The largest absolute Gasteiger partial charge is 0.387 e. The number of hydrogen-bond donors (Lipinski definition) is 2. The van der Waals surface area contributed by atoms with E-state index >= 15 is 0 Å². The Morgan fingerprint density at radius 3 is 2.84 bits per heavy atom. The number of amides is 1. The van der Waals surface area contributed by atoms with Crippen LogP contribution in [0.1, 0.15) is 38.0 Å². The average Bonchev–Trinajstić information content (AvgIpc) is 3.21. The van der Waals surface area contributed by atoms with Gasteiger partial charge in [0.15, 0.2) is 0 Å². The molecule has 0 radical (unpaired) electrons. The van der Waals surface area contributed by atoms with E-state index < -0.39 is 6.10 Å². The Bertz CT molecular complexity index is 429. The number of carbonyl (C=O) groups is 1. The third-order valence-corrected chi connectivity index (χ3v) is 3.26. The number of likely N-dealkylation sites (N-methyl/N-ethyl adjacent to an activating group) is 1. The molecule has 2 rings (SSSR count). The first-order chi connectivity index (χ1) is 9.10. The lowest BCUT2D eigenvalue weighted by Gasteiger charge is -2.19. The molecule has 1 heterocycles. The quantitative estimate of drug-likeness (QED) is 0.810. The molecule has 0 aliphatic heterocycles. The van der Waals surface area contributed by atoms with Gasteiger partial charge in [0.25, 0.3) is 0 Å². The summed E-state index contributed by atoms with van der Waals surface area (Å²) in [6.45, 7) is 2.24. The van der Waals surface area contributed by atoms with E-state index in [4.69, 9.17) is 0 Å². The number of hydrogen-bond acceptors (Lipinski definition) is 4. The number of pyridine rings is 1. The highest BCUT2D eigenvalue weighted by Crippen LogP contribution is 2.19. The number of rotatable bonds is 6. The number of anilines is 1. The molecule has 19 heavy (non-hydrogen) atoms. The van der Waals surface area contributed by atoms with Crippen molar-refractivity contribution in [3.05, 3.63) is 24.0 Å². The van der Waals surface area contributed by atoms with Crippen LogP contribution in [-0.2, 0) is 4.79 Å². The van der Waals surface area contributed by atoms with Gasteiger partial charge in [0.2, 0.25) is 5.91 Å². The Morgan fingerprint density at radius 2 is 2.32 bits per heavy atom. The van der Waals surface area contributed by atoms with Gasteiger partial charge in [-0.1, -0.05) is 6.92 Å². The Morgan fingerprint density at radius 1 is 1.58 bits per heavy atom. The summed E-state index contributed by atoms with van der Waals surface area (Å²) >= 11 is 0. The second-order valence-corrected chi connectivity index (χ2v) is 5.06. The van der Waals surface area contributed by atoms with Crippen molar-refractivity contribution in [3.8, 4) is 0 Å². The number of nitrogens with zero attached hydrogens (tertiary/aromatic N) is 2. The second kappa shape index (κ2) is 6.02. The van der Waals surface area contributed by atoms with Crippen molar-refractivity contribution >= 4 is 11.6 Å². The third-order valence-electron chi connectivity index (χ3n) is 3.26. The summed E-state index contributed by atoms with van der Waals surface area (Å²) in [6.07, 6.45) is 4.02. The van der Waals surface area contributed by atoms with Crippen LogP contribution in [0.15, 0.2) is 18.3 Å². The second-order valence-electron chi connectivity index (χ2n) is 5.06. The minimum Gasteiger partial charge on any atom is -0.387 e. The van der Waals surface area contributed by atoms with Crippen LogP contribution in [0, 0.1) is 0 Å². The maximum Gasteiger partial charge on any atom is 0.239 e. The van der Waals surface area contributed by atoms with Gasteiger partial charge >= 0.3 is 0 Å². The Hall–Kier alpha value is -1.62. The Kier molecular flexibility index (Phi) is 4.37. The number of aliphatic hydroxyl groups is 1. The fourth-order valence-electron chi connectivity index (χ4n) is 1.84. The van der Waals surface area contributed by atoms with Gasteiger partial charge in [0, 0.05) is 13.1 Å². The van der Waals surface area contributed by atoms with Crippen LogP contribution in [0.25, 0.3) is 0 Å². The fraction of sp³-hybridized carbons (Fsp3) is 0.571. The summed E-state index contributed by atoms with van der Waals surface area (Å²) in [5.74, 6) is 0.0441. The predicted molar refractivity (Wildman–Crippen MR) is 73.9 cm³/mol. The van der Waals surface area contributed by atoms with Gasteiger partial charge in [-0.3, -0.25) is 9.78 Å². The zero-order valence-corrected chi connectivity index (χ0v) is 11.5. The number of aromatic nitrogens is 1. The van der Waals surface area contributed by atoms with E-state index in [0.29, 0.717) is 24.7 Å². The van der Waals surface area contributed by atoms with E-state index in [2.05, 4.69) is 10.3 Å². The highest BCUT2D eigenvalue weighted by molar-refractivity contribution is 5.81. The van der Waals surface area contributed by atoms with Crippen LogP contribution < -0.4 is 10.2 Å². The Labute approximate surface area is 113 Å². The molecule has 1 aromatic heterocycles. The van der Waals surface area contributed by atoms with Gasteiger partial charge < -0.3 is 15.3 Å². The minimum atomic E-state index is -0.516. The molecule has 1 aromatic rings. The van der Waals surface area contributed by atoms with Crippen molar-refractivity contribution in [1.82, 2.24) is 10.3 Å². The molecule has 1 atom stereocenters. The molecule has 1 amide bonds. The van der Waals surface area contributed by atoms with E-state index in [1.807, 2.05) is 24.9 Å². The summed E-state index contributed by atoms with van der Waals surface area (Å²) in [4.78, 5) is 17.8. The first-order valence-corrected chi connectivity index (χ1v) is 6.74. The van der Waals surface area contributed by atoms with Crippen molar-refractivity contribution in [1.29, 1.82) is 0 Å². The van der Waals surface area contributed by atoms with Gasteiger partial charge in [-0.2, -0.15) is 0 Å². The molecular formula is C14H21N3O2. The summed E-state index contributed by atoms with van der Waals surface area (Å²) in [6, 6.07) is 4.07. The summed E-state index contributed by atoms with van der Waals surface area (Å²) < 4.78 is 0. The molecule has 5 heteroatoms. The van der Waals surface area contributed by atoms with Crippen molar-refractivity contribution in [3.63, 3.8) is 0 Å². The van der Waals surface area contributed by atoms with Crippen molar-refractivity contribution in [2.45, 2.75) is 38.3 Å². The van der Waals surface area contributed by atoms with Crippen LogP contribution in [0.5, 0.6) is 0 Å². The number of nitrogens with one attached hydrogen (secondary N) is 1. The smallest absolute Gasteiger partial charge is 0.239 e. The zero-order valence-electron chi connectivity index (χ0n) is 11.5. The molecule has 2 N–H and O–H groups in total. The molecule has 104 valence electrons. The van der Waals surface area contributed by atoms with Gasteiger partial charge in [-0.05, 0) is 31.4 Å². The lowest BCUT2D eigenvalue weighted by molar-refractivity contribution is -0.119. The van der Waals surface area contributed by atoms with E-state index in [9.17, 15) is 9.90 Å². The predicted octanol–water partition coefficient (Wildman–Crippen LogP) is 1.24. The van der Waals surface area contributed by atoms with Crippen LogP contribution in [0.2, 0.25) is 0 Å². The van der Waals surface area contributed by atoms with Crippen molar-refractivity contribution < 1.29 is 9.90 Å². The average molecular weight is 263 g/mol. The van der Waals surface area contributed by atoms with Crippen LogP contribution in [-0.4, -0.2) is 35.6 Å². The fourth-order valence-corrected chi connectivity index (χ4v) is 1.84. The standard InChI is InChI=1S/C14H21N3O2/c1-3-13(18)12-7-6-11(8-15-12)17(2)9-14(19)16-10-4-5-10/h6-8,10,13,18H,3-5,9H2,1-2H3,(H,16,19)/t13-/m0/s1. The van der Waals surface area contributed by atoms with Gasteiger partial charge in [0.1, 0.15) is 0 Å². The minimum absolute atomic E-state index is 0.0441. The summed E-state index contributed by atoms with van der Waals surface area (Å²) in [5.41, 5.74) is 1.54. The van der Waals surface area contributed by atoms with E-state index in [-0.39, 0.29) is 5.91 Å². The normalized spacial score (nSPS) is 15.9. The lowest BCUT2D eigenvalue weighted by atomic mass is 10.2. The molecule has 1 aliphatic carbocycles. The topological polar surface area (TPSA) is 65.5 Å². The first kappa shape index (κ1) is 13.8. The monoisotopic (exact) mass is 263 g/mol. The molecule has 1 aliphatic rings. The molecule has 0 unspecified atom stereocenters. The maximum atomic E-state index is 11.7. The molecule has 0 saturated heterocycles. The van der Waals surface area contributed by atoms with E-state index in [0.717, 1.165) is 18.5 Å². The van der Waals surface area contributed by atoms with E-state index in [1.165, 1.54) is 0 Å². The van der Waals surface area contributed by atoms with Crippen LogP contribution >= 0.6 is 0 Å². The molecule has 0 aromatic carbocycles. The molecular weight excluding hydrogens is 242 g/mol. The number of aliphatic hydroxyl groups excluding tert-OH is 1. The summed E-state index contributed by atoms with van der Waals surface area (Å²) in [7, 11) is 1.86. The SMILES string of the molecule is CC[C@H](O)c1ccc(N(C)CC(=O)NC2CC2)cn1. The third kappa shape index (κ3) is 3.92. The highest BCUT2D eigenvalue weighted by Gasteiger charge is 2.23. The maximum absolute atomic E-state index is 11.7. The van der Waals surface area contributed by atoms with Crippen LogP contribution in [0.3, 0.4) is 0 Å². The molecule has 1 saturated carbocycles. The molecule has 1 fully saturated rings. The van der Waals surface area contributed by atoms with Crippen molar-refractivity contribution in [2.75, 3.05) is 18.5 Å².